The molecule has 0 spiro atoms. The second kappa shape index (κ2) is 8.16. The lowest BCUT2D eigenvalue weighted by Gasteiger charge is -2.14. The van der Waals surface area contributed by atoms with E-state index in [0.717, 1.165) is 12.1 Å². The van der Waals surface area contributed by atoms with Crippen LogP contribution in [0.25, 0.3) is 11.3 Å². The molecule has 0 unspecified atom stereocenters. The Balaban J connectivity index is 1.95. The molecule has 0 atom stereocenters. The molecule has 0 aliphatic carbocycles. The van der Waals surface area contributed by atoms with Gasteiger partial charge in [-0.2, -0.15) is 23.4 Å². The van der Waals surface area contributed by atoms with Crippen LogP contribution in [0.5, 0.6) is 11.5 Å². The van der Waals surface area contributed by atoms with Crippen LogP contribution in [-0.4, -0.2) is 17.1 Å². The Labute approximate surface area is 169 Å². The first-order chi connectivity index (χ1) is 14.2. The molecule has 0 amide bonds. The third kappa shape index (κ3) is 4.35. The molecular formula is C20H16F3N5O2. The number of nitrogens with two attached hydrogens (primary N) is 2. The van der Waals surface area contributed by atoms with Crippen molar-refractivity contribution in [2.24, 2.45) is 0 Å². The van der Waals surface area contributed by atoms with Crippen molar-refractivity contribution >= 4 is 11.8 Å². The maximum absolute atomic E-state index is 12.9. The van der Waals surface area contributed by atoms with Crippen molar-refractivity contribution in [3.63, 3.8) is 0 Å². The maximum atomic E-state index is 12.9. The SMILES string of the molecule is COc1ccc(-c2nc(N)nc(N)c2C#N)cc1OCc1cccc(C(F)(F)F)c1. The second-order valence-electron chi connectivity index (χ2n) is 6.15. The zero-order valence-corrected chi connectivity index (χ0v) is 15.7. The van der Waals surface area contributed by atoms with Crippen molar-refractivity contribution in [3.8, 4) is 28.8 Å². The van der Waals surface area contributed by atoms with Gasteiger partial charge in [-0.05, 0) is 35.9 Å². The summed E-state index contributed by atoms with van der Waals surface area (Å²) in [6, 6.07) is 11.5. The van der Waals surface area contributed by atoms with E-state index in [9.17, 15) is 18.4 Å². The molecule has 7 nitrogen and oxygen atoms in total. The number of nitriles is 1. The first kappa shape index (κ1) is 20.7. The van der Waals surface area contributed by atoms with Gasteiger partial charge in [-0.1, -0.05) is 12.1 Å². The normalized spacial score (nSPS) is 11.0. The number of hydrogen-bond donors (Lipinski definition) is 2. The number of anilines is 2. The Morgan fingerprint density at radius 3 is 2.50 bits per heavy atom. The summed E-state index contributed by atoms with van der Waals surface area (Å²) < 4.78 is 49.7. The summed E-state index contributed by atoms with van der Waals surface area (Å²) >= 11 is 0. The number of rotatable bonds is 5. The number of benzene rings is 2. The Morgan fingerprint density at radius 1 is 1.07 bits per heavy atom. The minimum Gasteiger partial charge on any atom is -0.493 e. The average Bonchev–Trinajstić information content (AvgIpc) is 2.71. The fraction of sp³-hybridized carbons (Fsp3) is 0.150. The zero-order valence-electron chi connectivity index (χ0n) is 15.7. The van der Waals surface area contributed by atoms with Crippen molar-refractivity contribution in [3.05, 3.63) is 59.2 Å². The first-order valence-corrected chi connectivity index (χ1v) is 8.53. The van der Waals surface area contributed by atoms with Crippen LogP contribution >= 0.6 is 0 Å². The van der Waals surface area contributed by atoms with Crippen LogP contribution in [0.2, 0.25) is 0 Å². The lowest BCUT2D eigenvalue weighted by Crippen LogP contribution is -2.06. The molecule has 0 aliphatic rings. The van der Waals surface area contributed by atoms with Crippen molar-refractivity contribution in [2.45, 2.75) is 12.8 Å². The number of aromatic nitrogens is 2. The van der Waals surface area contributed by atoms with E-state index in [4.69, 9.17) is 20.9 Å². The van der Waals surface area contributed by atoms with Crippen molar-refractivity contribution < 1.29 is 22.6 Å². The number of halogens is 3. The van der Waals surface area contributed by atoms with Crippen LogP contribution in [-0.2, 0) is 12.8 Å². The van der Waals surface area contributed by atoms with Crippen molar-refractivity contribution in [1.29, 1.82) is 5.26 Å². The summed E-state index contributed by atoms with van der Waals surface area (Å²) in [6.07, 6.45) is -4.45. The van der Waals surface area contributed by atoms with E-state index in [-0.39, 0.29) is 35.4 Å². The smallest absolute Gasteiger partial charge is 0.416 e. The summed E-state index contributed by atoms with van der Waals surface area (Å²) in [5, 5.41) is 9.37. The number of hydrogen-bond acceptors (Lipinski definition) is 7. The topological polar surface area (TPSA) is 120 Å². The summed E-state index contributed by atoms with van der Waals surface area (Å²) in [5.41, 5.74) is 11.6. The molecule has 0 fully saturated rings. The molecule has 10 heteroatoms. The monoisotopic (exact) mass is 415 g/mol. The molecule has 0 saturated heterocycles. The van der Waals surface area contributed by atoms with Gasteiger partial charge in [-0.15, -0.1) is 0 Å². The van der Waals surface area contributed by atoms with Gasteiger partial charge in [0.2, 0.25) is 5.95 Å². The van der Waals surface area contributed by atoms with Crippen LogP contribution in [0.3, 0.4) is 0 Å². The van der Waals surface area contributed by atoms with Crippen LogP contribution in [0.4, 0.5) is 24.9 Å². The minimum absolute atomic E-state index is 0.0400. The van der Waals surface area contributed by atoms with Gasteiger partial charge in [0.25, 0.3) is 0 Å². The van der Waals surface area contributed by atoms with E-state index >= 15 is 0 Å². The van der Waals surface area contributed by atoms with Gasteiger partial charge in [0.1, 0.15) is 24.1 Å². The van der Waals surface area contributed by atoms with E-state index in [1.807, 2.05) is 6.07 Å². The number of methoxy groups -OCH3 is 1. The Kier molecular flexibility index (Phi) is 5.64. The Hall–Kier alpha value is -4.00. The van der Waals surface area contributed by atoms with E-state index in [1.165, 1.54) is 25.3 Å². The van der Waals surface area contributed by atoms with Crippen LogP contribution in [0, 0.1) is 11.3 Å². The van der Waals surface area contributed by atoms with E-state index in [2.05, 4.69) is 9.97 Å². The van der Waals surface area contributed by atoms with Gasteiger partial charge in [0.15, 0.2) is 11.5 Å². The lowest BCUT2D eigenvalue weighted by molar-refractivity contribution is -0.137. The molecular weight excluding hydrogens is 399 g/mol. The Bertz CT molecular complexity index is 1130. The molecule has 3 aromatic rings. The van der Waals surface area contributed by atoms with Gasteiger partial charge in [-0.3, -0.25) is 0 Å². The molecule has 3 rings (SSSR count). The molecule has 0 aliphatic heterocycles. The number of nitrogens with zero attached hydrogens (tertiary/aromatic N) is 3. The van der Waals surface area contributed by atoms with Crippen molar-refractivity contribution in [1.82, 2.24) is 9.97 Å². The fourth-order valence-electron chi connectivity index (χ4n) is 2.75. The molecule has 1 heterocycles. The highest BCUT2D eigenvalue weighted by Gasteiger charge is 2.30. The van der Waals surface area contributed by atoms with Gasteiger partial charge >= 0.3 is 6.18 Å². The van der Waals surface area contributed by atoms with E-state index in [0.29, 0.717) is 16.9 Å². The zero-order chi connectivity index (χ0) is 21.9. The number of ether oxygens (including phenoxy) is 2. The van der Waals surface area contributed by atoms with Crippen LogP contribution < -0.4 is 20.9 Å². The molecule has 154 valence electrons. The summed E-state index contributed by atoms with van der Waals surface area (Å²) in [7, 11) is 1.42. The fourth-order valence-corrected chi connectivity index (χ4v) is 2.75. The highest BCUT2D eigenvalue weighted by atomic mass is 19.4. The van der Waals surface area contributed by atoms with Gasteiger partial charge in [0.05, 0.1) is 18.4 Å². The standard InChI is InChI=1S/C20H16F3N5O2/c1-29-15-6-5-12(17-14(9-24)18(25)28-19(26)27-17)8-16(15)30-10-11-3-2-4-13(7-11)20(21,22)23/h2-8H,10H2,1H3,(H4,25,26,27,28). The lowest BCUT2D eigenvalue weighted by atomic mass is 10.1. The molecule has 30 heavy (non-hydrogen) atoms. The minimum atomic E-state index is -4.45. The molecule has 4 N–H and O–H groups in total. The summed E-state index contributed by atoms with van der Waals surface area (Å²) in [5.74, 6) is 0.414. The third-order valence-corrected chi connectivity index (χ3v) is 4.15. The molecule has 0 bridgehead atoms. The average molecular weight is 415 g/mol. The number of nitrogen functional groups attached to an aromatic ring is 2. The highest BCUT2D eigenvalue weighted by Crippen LogP contribution is 2.35. The largest absolute Gasteiger partial charge is 0.493 e. The van der Waals surface area contributed by atoms with Gasteiger partial charge in [0, 0.05) is 5.56 Å². The summed E-state index contributed by atoms with van der Waals surface area (Å²) in [6.45, 7) is -0.136. The maximum Gasteiger partial charge on any atom is 0.416 e. The van der Waals surface area contributed by atoms with Crippen molar-refractivity contribution in [2.75, 3.05) is 18.6 Å². The molecule has 1 aromatic heterocycles. The molecule has 0 saturated carbocycles. The predicted molar refractivity (Wildman–Crippen MR) is 103 cm³/mol. The Morgan fingerprint density at radius 2 is 1.83 bits per heavy atom. The second-order valence-corrected chi connectivity index (χ2v) is 6.15. The highest BCUT2D eigenvalue weighted by molar-refractivity contribution is 5.74. The predicted octanol–water partition coefficient (Wildman–Crippen LogP) is 3.79. The van der Waals surface area contributed by atoms with Gasteiger partial charge < -0.3 is 20.9 Å². The quantitative estimate of drug-likeness (QED) is 0.650. The molecule has 0 radical (unpaired) electrons. The van der Waals surface area contributed by atoms with Gasteiger partial charge in [-0.25, -0.2) is 4.98 Å². The summed E-state index contributed by atoms with van der Waals surface area (Å²) in [4.78, 5) is 7.84. The van der Waals surface area contributed by atoms with Crippen LogP contribution in [0.15, 0.2) is 42.5 Å². The first-order valence-electron chi connectivity index (χ1n) is 8.53. The van der Waals surface area contributed by atoms with E-state index < -0.39 is 11.7 Å². The number of alkyl halides is 3. The van der Waals surface area contributed by atoms with Crippen LogP contribution in [0.1, 0.15) is 16.7 Å². The third-order valence-electron chi connectivity index (χ3n) is 4.15. The molecule has 2 aromatic carbocycles. The van der Waals surface area contributed by atoms with E-state index in [1.54, 1.807) is 12.1 Å².